The van der Waals surface area contributed by atoms with Gasteiger partial charge in [0.1, 0.15) is 0 Å². The van der Waals surface area contributed by atoms with Crippen molar-refractivity contribution >= 4 is 11.6 Å². The molecule has 1 unspecified atom stereocenters. The first-order valence-corrected chi connectivity index (χ1v) is 4.67. The van der Waals surface area contributed by atoms with E-state index in [2.05, 4.69) is 10.5 Å². The summed E-state index contributed by atoms with van der Waals surface area (Å²) in [5, 5.41) is 4.01. The second-order valence-corrected chi connectivity index (χ2v) is 3.46. The lowest BCUT2D eigenvalue weighted by atomic mass is 9.99. The smallest absolute Gasteiger partial charge is 0.248 e. The first-order chi connectivity index (χ1) is 6.77. The topological polar surface area (TPSA) is 41.5 Å². The van der Waals surface area contributed by atoms with E-state index in [0.29, 0.717) is 0 Å². The van der Waals surface area contributed by atoms with Gasteiger partial charge in [-0.1, -0.05) is 30.3 Å². The largest absolute Gasteiger partial charge is 0.272 e. The lowest BCUT2D eigenvalue weighted by Crippen LogP contribution is -2.20. The summed E-state index contributed by atoms with van der Waals surface area (Å²) in [6, 6.07) is 10.0. The molecular weight excluding hydrogens is 176 g/mol. The molecule has 1 aliphatic heterocycles. The molecule has 72 valence electrons. The molecular formula is C11H12N2O. The highest BCUT2D eigenvalue weighted by Crippen LogP contribution is 2.11. The van der Waals surface area contributed by atoms with E-state index in [0.717, 1.165) is 12.1 Å². The molecule has 0 fully saturated rings. The maximum atomic E-state index is 11.1. The monoisotopic (exact) mass is 188 g/mol. The molecule has 0 aromatic heterocycles. The van der Waals surface area contributed by atoms with E-state index in [4.69, 9.17) is 0 Å². The summed E-state index contributed by atoms with van der Waals surface area (Å²) in [4.78, 5) is 11.1. The predicted octanol–water partition coefficient (Wildman–Crippen LogP) is 1.35. The molecule has 1 aromatic carbocycles. The van der Waals surface area contributed by atoms with Gasteiger partial charge in [-0.3, -0.25) is 4.79 Å². The van der Waals surface area contributed by atoms with Crippen molar-refractivity contribution in [3.8, 4) is 0 Å². The zero-order valence-electron chi connectivity index (χ0n) is 8.03. The molecule has 0 saturated carbocycles. The van der Waals surface area contributed by atoms with Crippen LogP contribution in [0.5, 0.6) is 0 Å². The zero-order chi connectivity index (χ0) is 9.97. The van der Waals surface area contributed by atoms with Gasteiger partial charge in [0.2, 0.25) is 5.91 Å². The molecule has 1 aliphatic rings. The van der Waals surface area contributed by atoms with Gasteiger partial charge in [-0.2, -0.15) is 5.10 Å². The summed E-state index contributed by atoms with van der Waals surface area (Å²) < 4.78 is 0. The molecule has 0 bridgehead atoms. The maximum Gasteiger partial charge on any atom is 0.248 e. The number of amides is 1. The number of nitrogens with zero attached hydrogens (tertiary/aromatic N) is 1. The minimum absolute atomic E-state index is 0.00377. The average Bonchev–Trinajstić information content (AvgIpc) is 2.52. The number of hydrogen-bond acceptors (Lipinski definition) is 2. The summed E-state index contributed by atoms with van der Waals surface area (Å²) in [5.41, 5.74) is 4.60. The van der Waals surface area contributed by atoms with Gasteiger partial charge < -0.3 is 0 Å². The predicted molar refractivity (Wildman–Crippen MR) is 54.9 cm³/mol. The van der Waals surface area contributed by atoms with Crippen LogP contribution in [0.1, 0.15) is 12.5 Å². The van der Waals surface area contributed by atoms with E-state index < -0.39 is 0 Å². The minimum atomic E-state index is -0.0878. The van der Waals surface area contributed by atoms with Crippen molar-refractivity contribution in [2.24, 2.45) is 11.0 Å². The maximum absolute atomic E-state index is 11.1. The quantitative estimate of drug-likeness (QED) is 0.747. The fraction of sp³-hybridized carbons (Fsp3) is 0.273. The van der Waals surface area contributed by atoms with E-state index >= 15 is 0 Å². The van der Waals surface area contributed by atoms with Crippen molar-refractivity contribution in [2.75, 3.05) is 0 Å². The average molecular weight is 188 g/mol. The number of hydrogen-bond donors (Lipinski definition) is 1. The van der Waals surface area contributed by atoms with Gasteiger partial charge in [-0.05, 0) is 12.5 Å². The Hall–Kier alpha value is -1.64. The Labute approximate surface area is 82.8 Å². The van der Waals surface area contributed by atoms with E-state index in [1.807, 2.05) is 37.3 Å². The molecule has 0 spiro atoms. The van der Waals surface area contributed by atoms with Crippen LogP contribution in [0.2, 0.25) is 0 Å². The van der Waals surface area contributed by atoms with Crippen molar-refractivity contribution in [3.63, 3.8) is 0 Å². The van der Waals surface area contributed by atoms with Crippen LogP contribution < -0.4 is 5.43 Å². The van der Waals surface area contributed by atoms with E-state index in [1.165, 1.54) is 5.56 Å². The highest BCUT2D eigenvalue weighted by molar-refractivity contribution is 6.08. The highest BCUT2D eigenvalue weighted by Gasteiger charge is 2.24. The van der Waals surface area contributed by atoms with Gasteiger partial charge in [0.15, 0.2) is 0 Å². The molecule has 2 rings (SSSR count). The number of benzene rings is 1. The minimum Gasteiger partial charge on any atom is -0.272 e. The van der Waals surface area contributed by atoms with E-state index in [1.54, 1.807) is 0 Å². The number of carbonyl (C=O) groups excluding carboxylic acids is 1. The zero-order valence-corrected chi connectivity index (χ0v) is 8.03. The molecule has 3 nitrogen and oxygen atoms in total. The van der Waals surface area contributed by atoms with Crippen LogP contribution in [0.15, 0.2) is 35.4 Å². The molecule has 0 radical (unpaired) electrons. The summed E-state index contributed by atoms with van der Waals surface area (Å²) in [5.74, 6) is -0.0915. The number of nitrogens with one attached hydrogen (secondary N) is 1. The van der Waals surface area contributed by atoms with Crippen LogP contribution in [0.4, 0.5) is 0 Å². The Morgan fingerprint density at radius 2 is 2.07 bits per heavy atom. The van der Waals surface area contributed by atoms with Gasteiger partial charge in [-0.25, -0.2) is 5.43 Å². The van der Waals surface area contributed by atoms with Gasteiger partial charge in [0, 0.05) is 6.42 Å². The second-order valence-electron chi connectivity index (χ2n) is 3.46. The SMILES string of the molecule is CC1C(=O)NN=C1Cc1ccccc1. The van der Waals surface area contributed by atoms with Gasteiger partial charge in [0.25, 0.3) is 0 Å². The van der Waals surface area contributed by atoms with Crippen molar-refractivity contribution in [2.45, 2.75) is 13.3 Å². The van der Waals surface area contributed by atoms with Gasteiger partial charge in [0.05, 0.1) is 11.6 Å². The summed E-state index contributed by atoms with van der Waals surface area (Å²) in [6.07, 6.45) is 0.751. The molecule has 0 aliphatic carbocycles. The molecule has 3 heteroatoms. The third-order valence-corrected chi connectivity index (χ3v) is 2.43. The number of hydrazone groups is 1. The lowest BCUT2D eigenvalue weighted by molar-refractivity contribution is -0.121. The first-order valence-electron chi connectivity index (χ1n) is 4.67. The third-order valence-electron chi connectivity index (χ3n) is 2.43. The fourth-order valence-corrected chi connectivity index (χ4v) is 1.47. The van der Waals surface area contributed by atoms with Gasteiger partial charge >= 0.3 is 0 Å². The molecule has 1 heterocycles. The second kappa shape index (κ2) is 3.62. The van der Waals surface area contributed by atoms with Crippen molar-refractivity contribution in [1.29, 1.82) is 0 Å². The van der Waals surface area contributed by atoms with Crippen LogP contribution in [-0.4, -0.2) is 11.6 Å². The molecule has 0 saturated heterocycles. The fourth-order valence-electron chi connectivity index (χ4n) is 1.47. The van der Waals surface area contributed by atoms with E-state index in [-0.39, 0.29) is 11.8 Å². The molecule has 1 amide bonds. The summed E-state index contributed by atoms with van der Waals surface area (Å²) in [7, 11) is 0. The first kappa shape index (κ1) is 8.94. The van der Waals surface area contributed by atoms with Crippen molar-refractivity contribution in [3.05, 3.63) is 35.9 Å². The Morgan fingerprint density at radius 1 is 1.36 bits per heavy atom. The molecule has 14 heavy (non-hydrogen) atoms. The molecule has 1 N–H and O–H groups in total. The standard InChI is InChI=1S/C11H12N2O/c1-8-10(12-13-11(8)14)7-9-5-3-2-4-6-9/h2-6,8H,7H2,1H3,(H,13,14). The van der Waals surface area contributed by atoms with E-state index in [9.17, 15) is 4.79 Å². The van der Waals surface area contributed by atoms with Crippen molar-refractivity contribution < 1.29 is 4.79 Å². The lowest BCUT2D eigenvalue weighted by Gasteiger charge is -2.03. The summed E-state index contributed by atoms with van der Waals surface area (Å²) >= 11 is 0. The summed E-state index contributed by atoms with van der Waals surface area (Å²) in [6.45, 7) is 1.88. The van der Waals surface area contributed by atoms with Crippen LogP contribution in [0.3, 0.4) is 0 Å². The Balaban J connectivity index is 2.10. The highest BCUT2D eigenvalue weighted by atomic mass is 16.2. The van der Waals surface area contributed by atoms with Crippen LogP contribution in [0, 0.1) is 5.92 Å². The van der Waals surface area contributed by atoms with Crippen LogP contribution in [-0.2, 0) is 11.2 Å². The third kappa shape index (κ3) is 1.66. The van der Waals surface area contributed by atoms with Gasteiger partial charge in [-0.15, -0.1) is 0 Å². The van der Waals surface area contributed by atoms with Crippen molar-refractivity contribution in [1.82, 2.24) is 5.43 Å². The van der Waals surface area contributed by atoms with Crippen LogP contribution in [0.25, 0.3) is 0 Å². The number of rotatable bonds is 2. The Bertz CT molecular complexity index is 370. The Morgan fingerprint density at radius 3 is 2.64 bits per heavy atom. The molecule has 1 aromatic rings. The Kier molecular flexibility index (Phi) is 2.31. The molecule has 1 atom stereocenters. The number of carbonyl (C=O) groups is 1. The van der Waals surface area contributed by atoms with Crippen LogP contribution >= 0.6 is 0 Å². The normalized spacial score (nSPS) is 20.5.